The third-order valence-electron chi connectivity index (χ3n) is 10.2. The number of piperidine rings is 1. The van der Waals surface area contributed by atoms with Crippen molar-refractivity contribution in [3.05, 3.63) is 58.6 Å². The van der Waals surface area contributed by atoms with Crippen molar-refractivity contribution in [3.8, 4) is 5.75 Å². The average Bonchev–Trinajstić information content (AvgIpc) is 3.78. The van der Waals surface area contributed by atoms with E-state index in [9.17, 15) is 14.7 Å². The molecule has 2 aromatic rings. The highest BCUT2D eigenvalue weighted by Gasteiger charge is 2.44. The number of ether oxygens (including phenoxy) is 1. The number of carboxylic acid groups (broad SMARTS) is 1. The van der Waals surface area contributed by atoms with Gasteiger partial charge in [-0.2, -0.15) is 0 Å². The summed E-state index contributed by atoms with van der Waals surface area (Å²) in [5, 5.41) is 10.1. The summed E-state index contributed by atoms with van der Waals surface area (Å²) in [5.41, 5.74) is 3.55. The Hall–Kier alpha value is -2.77. The van der Waals surface area contributed by atoms with E-state index >= 15 is 0 Å². The first kappa shape index (κ1) is 28.4. The first-order valence-electron chi connectivity index (χ1n) is 15.3. The van der Waals surface area contributed by atoms with Crippen molar-refractivity contribution in [3.63, 3.8) is 0 Å². The second-order valence-corrected chi connectivity index (χ2v) is 12.9. The molecule has 8 heteroatoms. The first-order chi connectivity index (χ1) is 19.9. The maximum absolute atomic E-state index is 14.2. The lowest BCUT2D eigenvalue weighted by molar-refractivity contribution is -0.142. The average molecular weight is 580 g/mol. The van der Waals surface area contributed by atoms with Crippen LogP contribution in [0.15, 0.2) is 42.5 Å². The number of anilines is 1. The predicted molar refractivity (Wildman–Crippen MR) is 161 cm³/mol. The SMILES string of the molecule is COc1ccc([C@@H]2CN(C3CCCC3)C[C@H]2C(=O)N2CC[C@@H](c3ccc(Cl)cc3N3CCC(C(=O)O)CC3)C2)cc1. The minimum atomic E-state index is -0.702. The molecule has 0 aromatic heterocycles. The van der Waals surface area contributed by atoms with Crippen LogP contribution in [0.2, 0.25) is 5.02 Å². The van der Waals surface area contributed by atoms with Crippen LogP contribution in [-0.2, 0) is 9.59 Å². The summed E-state index contributed by atoms with van der Waals surface area (Å²) < 4.78 is 5.40. The maximum atomic E-state index is 14.2. The fraction of sp³-hybridized carbons (Fsp3) is 0.576. The first-order valence-corrected chi connectivity index (χ1v) is 15.7. The lowest BCUT2D eigenvalue weighted by Gasteiger charge is -2.34. The molecule has 3 heterocycles. The van der Waals surface area contributed by atoms with Crippen molar-refractivity contribution in [1.29, 1.82) is 0 Å². The van der Waals surface area contributed by atoms with Crippen LogP contribution < -0.4 is 9.64 Å². The molecule has 3 saturated heterocycles. The van der Waals surface area contributed by atoms with Gasteiger partial charge in [-0.05, 0) is 67.5 Å². The molecule has 2 aromatic carbocycles. The molecule has 1 saturated carbocycles. The predicted octanol–water partition coefficient (Wildman–Crippen LogP) is 5.62. The molecule has 6 rings (SSSR count). The van der Waals surface area contributed by atoms with E-state index in [1.807, 2.05) is 24.3 Å². The number of amides is 1. The molecular formula is C33H42ClN3O4. The van der Waals surface area contributed by atoms with Gasteiger partial charge in [0.25, 0.3) is 0 Å². The number of carboxylic acids is 1. The zero-order valence-corrected chi connectivity index (χ0v) is 24.8. The van der Waals surface area contributed by atoms with Gasteiger partial charge in [-0.25, -0.2) is 0 Å². The van der Waals surface area contributed by atoms with E-state index in [4.69, 9.17) is 16.3 Å². The summed E-state index contributed by atoms with van der Waals surface area (Å²) in [6.07, 6.45) is 7.27. The van der Waals surface area contributed by atoms with E-state index in [-0.39, 0.29) is 29.6 Å². The molecule has 1 aliphatic carbocycles. The van der Waals surface area contributed by atoms with Crippen LogP contribution in [0.25, 0.3) is 0 Å². The molecule has 3 aliphatic heterocycles. The molecule has 3 atom stereocenters. The van der Waals surface area contributed by atoms with Gasteiger partial charge >= 0.3 is 5.97 Å². The van der Waals surface area contributed by atoms with Crippen LogP contribution in [0, 0.1) is 11.8 Å². The highest BCUT2D eigenvalue weighted by atomic mass is 35.5. The number of carbonyl (C=O) groups excluding carboxylic acids is 1. The molecule has 4 aliphatic rings. The second-order valence-electron chi connectivity index (χ2n) is 12.5. The Morgan fingerprint density at radius 2 is 1.63 bits per heavy atom. The number of carbonyl (C=O) groups is 2. The van der Waals surface area contributed by atoms with Crippen LogP contribution in [0.3, 0.4) is 0 Å². The number of hydrogen-bond donors (Lipinski definition) is 1. The molecule has 1 N–H and O–H groups in total. The zero-order chi connectivity index (χ0) is 28.5. The summed E-state index contributed by atoms with van der Waals surface area (Å²) >= 11 is 6.45. The number of benzene rings is 2. The van der Waals surface area contributed by atoms with E-state index in [2.05, 4.69) is 32.9 Å². The highest BCUT2D eigenvalue weighted by Crippen LogP contribution is 2.41. The van der Waals surface area contributed by atoms with Crippen LogP contribution in [-0.4, -0.2) is 79.2 Å². The van der Waals surface area contributed by atoms with Crippen LogP contribution in [0.5, 0.6) is 5.75 Å². The molecular weight excluding hydrogens is 538 g/mol. The third-order valence-corrected chi connectivity index (χ3v) is 10.4. The van der Waals surface area contributed by atoms with Gasteiger partial charge in [0.2, 0.25) is 5.91 Å². The Bertz CT molecular complexity index is 1240. The Labute approximate surface area is 248 Å². The molecule has 4 fully saturated rings. The third kappa shape index (κ3) is 5.94. The fourth-order valence-corrected chi connectivity index (χ4v) is 7.96. The standard InChI is InChI=1S/C33H42ClN3O4/c1-41-27-9-6-22(7-10-27)29-20-37(26-4-2-3-5-26)21-30(29)32(38)36-17-14-24(19-36)28-11-8-25(34)18-31(28)35-15-12-23(13-16-35)33(39)40/h6-11,18,23-24,26,29-30H,2-5,12-17,19-21H2,1H3,(H,39,40)/t24-,29+,30-/m1/s1. The molecule has 220 valence electrons. The van der Waals surface area contributed by atoms with Crippen molar-refractivity contribution in [2.75, 3.05) is 51.3 Å². The van der Waals surface area contributed by atoms with Crippen molar-refractivity contribution in [1.82, 2.24) is 9.80 Å². The number of likely N-dealkylation sites (tertiary alicyclic amines) is 2. The molecule has 41 heavy (non-hydrogen) atoms. The topological polar surface area (TPSA) is 73.3 Å². The van der Waals surface area contributed by atoms with Crippen molar-refractivity contribution < 1.29 is 19.4 Å². The summed E-state index contributed by atoms with van der Waals surface area (Å²) in [7, 11) is 1.69. The van der Waals surface area contributed by atoms with Crippen LogP contribution in [0.4, 0.5) is 5.69 Å². The molecule has 1 amide bonds. The van der Waals surface area contributed by atoms with Gasteiger partial charge in [0.05, 0.1) is 18.9 Å². The molecule has 0 unspecified atom stereocenters. The molecule has 7 nitrogen and oxygen atoms in total. The number of aliphatic carboxylic acids is 1. The van der Waals surface area contributed by atoms with Crippen LogP contribution >= 0.6 is 11.6 Å². The van der Waals surface area contributed by atoms with E-state index in [1.165, 1.54) is 36.8 Å². The quantitative estimate of drug-likeness (QED) is 0.459. The number of nitrogens with zero attached hydrogens (tertiary/aromatic N) is 3. The smallest absolute Gasteiger partial charge is 0.306 e. The van der Waals surface area contributed by atoms with Gasteiger partial charge in [0, 0.05) is 67.9 Å². The summed E-state index contributed by atoms with van der Waals surface area (Å²) in [6.45, 7) is 4.69. The number of methoxy groups -OCH3 is 1. The van der Waals surface area contributed by atoms with Gasteiger partial charge in [-0.15, -0.1) is 0 Å². The van der Waals surface area contributed by atoms with Crippen molar-refractivity contribution >= 4 is 29.2 Å². The summed E-state index contributed by atoms with van der Waals surface area (Å²) in [4.78, 5) is 32.7. The molecule has 0 radical (unpaired) electrons. The Balaban J connectivity index is 1.19. The van der Waals surface area contributed by atoms with E-state index in [0.29, 0.717) is 43.5 Å². The normalized spacial score (nSPS) is 26.1. The second kappa shape index (κ2) is 12.2. The summed E-state index contributed by atoms with van der Waals surface area (Å²) in [6, 6.07) is 15.0. The fourth-order valence-electron chi connectivity index (χ4n) is 7.79. The maximum Gasteiger partial charge on any atom is 0.306 e. The van der Waals surface area contributed by atoms with Gasteiger partial charge < -0.3 is 19.6 Å². The number of rotatable bonds is 7. The Morgan fingerprint density at radius 3 is 2.32 bits per heavy atom. The van der Waals surface area contributed by atoms with Gasteiger partial charge in [0.15, 0.2) is 0 Å². The van der Waals surface area contributed by atoms with E-state index in [1.54, 1.807) is 7.11 Å². The van der Waals surface area contributed by atoms with Gasteiger partial charge in [0.1, 0.15) is 5.75 Å². The largest absolute Gasteiger partial charge is 0.497 e. The van der Waals surface area contributed by atoms with E-state index < -0.39 is 5.97 Å². The van der Waals surface area contributed by atoms with E-state index in [0.717, 1.165) is 37.5 Å². The minimum Gasteiger partial charge on any atom is -0.497 e. The summed E-state index contributed by atoms with van der Waals surface area (Å²) in [5.74, 6) is 0.546. The zero-order valence-electron chi connectivity index (χ0n) is 24.0. The van der Waals surface area contributed by atoms with Crippen LogP contribution in [0.1, 0.15) is 67.9 Å². The van der Waals surface area contributed by atoms with Gasteiger partial charge in [-0.3, -0.25) is 14.5 Å². The lowest BCUT2D eigenvalue weighted by atomic mass is 9.88. The minimum absolute atomic E-state index is 0.0394. The Morgan fingerprint density at radius 1 is 0.902 bits per heavy atom. The van der Waals surface area contributed by atoms with Crippen molar-refractivity contribution in [2.45, 2.75) is 62.8 Å². The lowest BCUT2D eigenvalue weighted by Crippen LogP contribution is -2.38. The van der Waals surface area contributed by atoms with Gasteiger partial charge in [-0.1, -0.05) is 42.6 Å². The molecule has 0 bridgehead atoms. The Kier molecular flexibility index (Phi) is 8.45. The molecule has 0 spiro atoms. The van der Waals surface area contributed by atoms with Crippen molar-refractivity contribution in [2.24, 2.45) is 11.8 Å². The monoisotopic (exact) mass is 579 g/mol. The highest BCUT2D eigenvalue weighted by molar-refractivity contribution is 6.30. The number of hydrogen-bond acceptors (Lipinski definition) is 5. The number of halogens is 1.